The fourth-order valence-corrected chi connectivity index (χ4v) is 4.35. The third-order valence-electron chi connectivity index (χ3n) is 6.31. The van der Waals surface area contributed by atoms with E-state index in [0.29, 0.717) is 12.1 Å². The summed E-state index contributed by atoms with van der Waals surface area (Å²) in [6.07, 6.45) is 0.962. The highest BCUT2D eigenvalue weighted by Crippen LogP contribution is 2.32. The maximum atomic E-state index is 15.2. The van der Waals surface area contributed by atoms with Gasteiger partial charge in [0, 0.05) is 31.7 Å². The molecular weight excluding hydrogens is 462 g/mol. The number of hydrogen-bond donors (Lipinski definition) is 1. The molecule has 1 aliphatic heterocycles. The molecule has 184 valence electrons. The molecule has 1 aromatic carbocycles. The minimum absolute atomic E-state index is 0.0601. The summed E-state index contributed by atoms with van der Waals surface area (Å²) in [5.41, 5.74) is -0.221. The highest BCUT2D eigenvalue weighted by atomic mass is 19.4. The van der Waals surface area contributed by atoms with Crippen LogP contribution in [0.5, 0.6) is 0 Å². The van der Waals surface area contributed by atoms with Crippen molar-refractivity contribution in [1.82, 2.24) is 19.9 Å². The molecule has 0 radical (unpaired) electrons. The van der Waals surface area contributed by atoms with Gasteiger partial charge >= 0.3 is 6.18 Å². The van der Waals surface area contributed by atoms with Crippen molar-refractivity contribution in [3.8, 4) is 11.4 Å². The van der Waals surface area contributed by atoms with E-state index >= 15 is 4.39 Å². The summed E-state index contributed by atoms with van der Waals surface area (Å²) in [6.45, 7) is 4.39. The van der Waals surface area contributed by atoms with Crippen molar-refractivity contribution in [3.05, 3.63) is 71.4 Å². The predicted octanol–water partition coefficient (Wildman–Crippen LogP) is 5.36. The molecule has 0 spiro atoms. The van der Waals surface area contributed by atoms with Gasteiger partial charge in [-0.2, -0.15) is 13.2 Å². The molecule has 10 heteroatoms. The van der Waals surface area contributed by atoms with Crippen molar-refractivity contribution in [2.24, 2.45) is 5.92 Å². The average Bonchev–Trinajstić information content (AvgIpc) is 2.84. The predicted molar refractivity (Wildman–Crippen MR) is 123 cm³/mol. The largest absolute Gasteiger partial charge is 0.417 e. The number of nitrogens with one attached hydrogen (secondary N) is 1. The molecule has 1 saturated heterocycles. The van der Waals surface area contributed by atoms with Gasteiger partial charge in [-0.1, -0.05) is 13.0 Å². The lowest BCUT2D eigenvalue weighted by Gasteiger charge is -2.40. The van der Waals surface area contributed by atoms with Crippen molar-refractivity contribution in [1.29, 1.82) is 0 Å². The Hall–Kier alpha value is -3.56. The van der Waals surface area contributed by atoms with E-state index < -0.39 is 17.6 Å². The summed E-state index contributed by atoms with van der Waals surface area (Å²) < 4.78 is 53.6. The standard InChI is InChI=1S/C25H25F4N5O/c1-15-5-3-12-34(19(15)14-33-20-9-7-17(13-32-20)25(27,28)29)24(35)18-8-6-16(2)22(26)21(18)23-30-10-4-11-31-23/h4,6-11,13,15,19H,3,5,12,14H2,1-2H3,(H,32,33)/t15-,19?/m1/s1. The minimum Gasteiger partial charge on any atom is -0.368 e. The minimum atomic E-state index is -4.46. The molecule has 1 N–H and O–H groups in total. The second-order valence-corrected chi connectivity index (χ2v) is 8.69. The van der Waals surface area contributed by atoms with E-state index in [1.54, 1.807) is 30.0 Å². The molecule has 4 rings (SSSR count). The smallest absolute Gasteiger partial charge is 0.368 e. The highest BCUT2D eigenvalue weighted by molar-refractivity contribution is 6.00. The maximum Gasteiger partial charge on any atom is 0.417 e. The Morgan fingerprint density at radius 3 is 2.54 bits per heavy atom. The first-order chi connectivity index (χ1) is 16.7. The number of piperidine rings is 1. The highest BCUT2D eigenvalue weighted by Gasteiger charge is 2.35. The summed E-state index contributed by atoms with van der Waals surface area (Å²) in [4.78, 5) is 27.6. The number of anilines is 1. The third kappa shape index (κ3) is 5.26. The van der Waals surface area contributed by atoms with Gasteiger partial charge in [-0.05, 0) is 55.5 Å². The molecule has 0 bridgehead atoms. The van der Waals surface area contributed by atoms with Crippen molar-refractivity contribution in [2.45, 2.75) is 38.9 Å². The summed E-state index contributed by atoms with van der Waals surface area (Å²) in [5, 5.41) is 3.06. The Morgan fingerprint density at radius 1 is 1.14 bits per heavy atom. The zero-order valence-corrected chi connectivity index (χ0v) is 19.3. The monoisotopic (exact) mass is 487 g/mol. The molecule has 1 unspecified atom stereocenters. The maximum absolute atomic E-state index is 15.2. The van der Waals surface area contributed by atoms with Crippen molar-refractivity contribution >= 4 is 11.7 Å². The summed E-state index contributed by atoms with van der Waals surface area (Å²) in [5.74, 6) is -0.365. The van der Waals surface area contributed by atoms with Gasteiger partial charge in [0.25, 0.3) is 5.91 Å². The van der Waals surface area contributed by atoms with Gasteiger partial charge in [0.15, 0.2) is 5.82 Å². The first-order valence-electron chi connectivity index (χ1n) is 11.3. The summed E-state index contributed by atoms with van der Waals surface area (Å²) in [6, 6.07) is 6.72. The van der Waals surface area contributed by atoms with Gasteiger partial charge in [-0.3, -0.25) is 4.79 Å². The van der Waals surface area contributed by atoms with Crippen LogP contribution in [-0.2, 0) is 6.18 Å². The van der Waals surface area contributed by atoms with Crippen molar-refractivity contribution in [3.63, 3.8) is 0 Å². The molecule has 0 saturated carbocycles. The number of hydrogen-bond acceptors (Lipinski definition) is 5. The number of aryl methyl sites for hydroxylation is 1. The zero-order valence-electron chi connectivity index (χ0n) is 19.3. The van der Waals surface area contributed by atoms with Gasteiger partial charge < -0.3 is 10.2 Å². The van der Waals surface area contributed by atoms with Crippen molar-refractivity contribution < 1.29 is 22.4 Å². The Kier molecular flexibility index (Phi) is 7.00. The van der Waals surface area contributed by atoms with Crippen LogP contribution in [0, 0.1) is 18.7 Å². The molecule has 2 atom stereocenters. The molecular formula is C25H25F4N5O. The lowest BCUT2D eigenvalue weighted by Crippen LogP contribution is -2.51. The quantitative estimate of drug-likeness (QED) is 0.491. The second-order valence-electron chi connectivity index (χ2n) is 8.69. The van der Waals surface area contributed by atoms with Crippen LogP contribution < -0.4 is 5.32 Å². The van der Waals surface area contributed by atoms with Crippen LogP contribution in [0.2, 0.25) is 0 Å². The van der Waals surface area contributed by atoms with Crippen LogP contribution in [0.1, 0.15) is 41.3 Å². The number of nitrogens with zero attached hydrogens (tertiary/aromatic N) is 4. The Bertz CT molecular complexity index is 1180. The van der Waals surface area contributed by atoms with E-state index in [4.69, 9.17) is 0 Å². The summed E-state index contributed by atoms with van der Waals surface area (Å²) in [7, 11) is 0. The topological polar surface area (TPSA) is 71.0 Å². The van der Waals surface area contributed by atoms with Gasteiger partial charge in [0.1, 0.15) is 11.6 Å². The zero-order chi connectivity index (χ0) is 25.2. The number of amides is 1. The van der Waals surface area contributed by atoms with Crippen LogP contribution in [-0.4, -0.2) is 44.9 Å². The van der Waals surface area contributed by atoms with Gasteiger partial charge in [0.05, 0.1) is 22.7 Å². The molecule has 1 fully saturated rings. The van der Waals surface area contributed by atoms with Crippen LogP contribution in [0.25, 0.3) is 11.4 Å². The SMILES string of the molecule is Cc1ccc(C(=O)N2CCC[C@@H](C)C2CNc2ccc(C(F)(F)F)cn2)c(-c2ncccn2)c1F. The van der Waals surface area contributed by atoms with E-state index in [1.807, 2.05) is 6.92 Å². The lowest BCUT2D eigenvalue weighted by molar-refractivity contribution is -0.137. The first kappa shape index (κ1) is 24.6. The molecule has 1 amide bonds. The molecule has 6 nitrogen and oxygen atoms in total. The number of aromatic nitrogens is 3. The molecule has 0 aliphatic carbocycles. The number of carbonyl (C=O) groups is 1. The number of halogens is 4. The second kappa shape index (κ2) is 9.97. The van der Waals surface area contributed by atoms with E-state index in [-0.39, 0.29) is 47.2 Å². The number of rotatable bonds is 5. The molecule has 1 aliphatic rings. The van der Waals surface area contributed by atoms with Gasteiger partial charge in [-0.15, -0.1) is 0 Å². The lowest BCUT2D eigenvalue weighted by atomic mass is 9.89. The van der Waals surface area contributed by atoms with Gasteiger partial charge in [0.2, 0.25) is 0 Å². The van der Waals surface area contributed by atoms with E-state index in [2.05, 4.69) is 20.3 Å². The Balaban J connectivity index is 1.60. The van der Waals surface area contributed by atoms with Crippen molar-refractivity contribution in [2.75, 3.05) is 18.4 Å². The molecule has 2 aromatic heterocycles. The number of alkyl halides is 3. The van der Waals surface area contributed by atoms with Crippen LogP contribution in [0.3, 0.4) is 0 Å². The number of carbonyl (C=O) groups excluding carboxylic acids is 1. The van der Waals surface area contributed by atoms with Crippen LogP contribution in [0.15, 0.2) is 48.9 Å². The van der Waals surface area contributed by atoms with E-state index in [1.165, 1.54) is 18.5 Å². The van der Waals surface area contributed by atoms with E-state index in [0.717, 1.165) is 25.1 Å². The number of benzene rings is 1. The summed E-state index contributed by atoms with van der Waals surface area (Å²) >= 11 is 0. The number of pyridine rings is 1. The van der Waals surface area contributed by atoms with Crippen LogP contribution >= 0.6 is 0 Å². The first-order valence-corrected chi connectivity index (χ1v) is 11.3. The average molecular weight is 488 g/mol. The molecule has 35 heavy (non-hydrogen) atoms. The molecule has 3 heterocycles. The normalized spacial score (nSPS) is 18.4. The Morgan fingerprint density at radius 2 is 1.89 bits per heavy atom. The third-order valence-corrected chi connectivity index (χ3v) is 6.31. The Labute approximate surface area is 200 Å². The number of likely N-dealkylation sites (tertiary alicyclic amines) is 1. The fourth-order valence-electron chi connectivity index (χ4n) is 4.35. The van der Waals surface area contributed by atoms with E-state index in [9.17, 15) is 18.0 Å². The fraction of sp³-hybridized carbons (Fsp3) is 0.360. The van der Waals surface area contributed by atoms with Gasteiger partial charge in [-0.25, -0.2) is 19.3 Å². The molecule has 3 aromatic rings. The van der Waals surface area contributed by atoms with Crippen LogP contribution in [0.4, 0.5) is 23.4 Å².